The van der Waals surface area contributed by atoms with Crippen LogP contribution in [0, 0.1) is 10.4 Å². The first-order valence-corrected chi connectivity index (χ1v) is 5.51. The van der Waals surface area contributed by atoms with Gasteiger partial charge in [0.1, 0.15) is 11.4 Å². The minimum atomic E-state index is -0.647. The van der Waals surface area contributed by atoms with Crippen molar-refractivity contribution in [2.24, 2.45) is 0 Å². The van der Waals surface area contributed by atoms with E-state index in [1.54, 1.807) is 33.0 Å². The smallest absolute Gasteiger partial charge is 0.252 e. The minimum Gasteiger partial charge on any atom is -0.612 e. The number of amides is 1. The number of hydrogen-bond donors (Lipinski definition) is 1. The highest BCUT2D eigenvalue weighted by Crippen LogP contribution is 2.25. The van der Waals surface area contributed by atoms with Crippen LogP contribution in [0.25, 0.3) is 0 Å². The van der Waals surface area contributed by atoms with Crippen molar-refractivity contribution in [3.63, 3.8) is 0 Å². The third-order valence-corrected chi connectivity index (χ3v) is 2.96. The molecule has 0 aromatic rings. The maximum atomic E-state index is 11.9. The Bertz CT molecular complexity index is 505. The summed E-state index contributed by atoms with van der Waals surface area (Å²) in [5.74, 6) is 0.635. The first-order chi connectivity index (χ1) is 8.33. The molecule has 0 atom stereocenters. The number of hydrogen-bond acceptors (Lipinski definition) is 4. The van der Waals surface area contributed by atoms with Crippen molar-refractivity contribution < 1.29 is 9.70 Å². The third-order valence-electron chi connectivity index (χ3n) is 2.96. The Morgan fingerprint density at radius 3 is 2.17 bits per heavy atom. The number of rotatable bonds is 0. The Morgan fingerprint density at radius 2 is 1.78 bits per heavy atom. The first kappa shape index (κ1) is 12.2. The van der Waals surface area contributed by atoms with Gasteiger partial charge in [-0.05, 0) is 26.0 Å². The van der Waals surface area contributed by atoms with E-state index in [0.29, 0.717) is 5.82 Å². The van der Waals surface area contributed by atoms with E-state index in [-0.39, 0.29) is 11.6 Å². The van der Waals surface area contributed by atoms with Gasteiger partial charge < -0.3 is 15.7 Å². The van der Waals surface area contributed by atoms with Crippen molar-refractivity contribution in [2.45, 2.75) is 19.4 Å². The van der Waals surface area contributed by atoms with E-state index in [9.17, 15) is 15.2 Å². The van der Waals surface area contributed by atoms with Gasteiger partial charge in [0.05, 0.1) is 0 Å². The van der Waals surface area contributed by atoms with Crippen LogP contribution in [0.1, 0.15) is 13.8 Å². The molecule has 0 bridgehead atoms. The summed E-state index contributed by atoms with van der Waals surface area (Å²) in [6.45, 7) is 3.59. The van der Waals surface area contributed by atoms with Gasteiger partial charge in [-0.15, -0.1) is 0 Å². The number of nitrogens with one attached hydrogen (secondary N) is 1. The summed E-state index contributed by atoms with van der Waals surface area (Å²) in [4.78, 5) is 13.0. The number of carbonyl (C=O) groups excluding carboxylic acids is 1. The Balaban J connectivity index is 2.37. The lowest BCUT2D eigenvalue weighted by molar-refractivity contribution is -0.377. The predicted octanol–water partition coefficient (Wildman–Crippen LogP) is 0.613. The number of allylic oxidation sites excluding steroid dienone is 5. The molecule has 2 rings (SSSR count). The molecule has 6 heteroatoms. The highest BCUT2D eigenvalue weighted by Gasteiger charge is 2.40. The minimum absolute atomic E-state index is 0.0316. The Hall–Kier alpha value is -2.24. The zero-order valence-electron chi connectivity index (χ0n) is 10.4. The zero-order chi connectivity index (χ0) is 13.5. The molecular weight excluding hydrogens is 234 g/mol. The second-order valence-corrected chi connectivity index (χ2v) is 4.77. The molecule has 18 heavy (non-hydrogen) atoms. The number of nitrogens with zero attached hydrogens (tertiary/aromatic N) is 2. The molecule has 0 unspecified atom stereocenters. The molecule has 0 aromatic heterocycles. The van der Waals surface area contributed by atoms with E-state index >= 15 is 0 Å². The van der Waals surface area contributed by atoms with Gasteiger partial charge >= 0.3 is 0 Å². The van der Waals surface area contributed by atoms with Crippen LogP contribution in [0.2, 0.25) is 0 Å². The zero-order valence-corrected chi connectivity index (χ0v) is 10.4. The van der Waals surface area contributed by atoms with Crippen molar-refractivity contribution in [3.05, 3.63) is 46.1 Å². The van der Waals surface area contributed by atoms with Gasteiger partial charge in [0.25, 0.3) is 5.91 Å². The van der Waals surface area contributed by atoms with Crippen LogP contribution in [0.4, 0.5) is 0 Å². The number of carbonyl (C=O) groups is 1. The topological polar surface area (TPSA) is 81.5 Å². The van der Waals surface area contributed by atoms with Crippen molar-refractivity contribution in [1.29, 1.82) is 0 Å². The van der Waals surface area contributed by atoms with Crippen molar-refractivity contribution in [2.75, 3.05) is 7.05 Å². The van der Waals surface area contributed by atoms with E-state index in [0.717, 1.165) is 5.57 Å². The maximum absolute atomic E-state index is 11.9. The lowest BCUT2D eigenvalue weighted by Gasteiger charge is -2.15. The fourth-order valence-corrected chi connectivity index (χ4v) is 1.96. The molecule has 6 nitrogen and oxygen atoms in total. The second-order valence-electron chi connectivity index (χ2n) is 4.77. The van der Waals surface area contributed by atoms with Gasteiger partial charge in [0.2, 0.25) is 5.71 Å². The first-order valence-electron chi connectivity index (χ1n) is 5.51. The molecule has 1 heterocycles. The lowest BCUT2D eigenvalue weighted by atomic mass is 10.1. The fourth-order valence-electron chi connectivity index (χ4n) is 1.96. The lowest BCUT2D eigenvalue weighted by Crippen LogP contribution is -2.39. The molecule has 0 aromatic carbocycles. The molecule has 1 saturated heterocycles. The largest absolute Gasteiger partial charge is 0.612 e. The average molecular weight is 248 g/mol. The summed E-state index contributed by atoms with van der Waals surface area (Å²) in [7, 11) is 1.68. The number of likely N-dealkylation sites (N-methyl/N-ethyl adjacent to an activating group) is 1. The van der Waals surface area contributed by atoms with Crippen LogP contribution < -0.4 is 5.32 Å². The third kappa shape index (κ3) is 1.85. The van der Waals surface area contributed by atoms with Gasteiger partial charge in [-0.1, -0.05) is 0 Å². The highest BCUT2D eigenvalue weighted by atomic mass is 16.8. The molecule has 0 saturated carbocycles. The van der Waals surface area contributed by atoms with E-state index in [2.05, 4.69) is 5.32 Å². The molecule has 1 aliphatic carbocycles. The molecule has 0 radical (unpaired) electrons. The van der Waals surface area contributed by atoms with Gasteiger partial charge in [0, 0.05) is 24.8 Å². The Kier molecular flexibility index (Phi) is 2.65. The van der Waals surface area contributed by atoms with Crippen molar-refractivity contribution in [3.8, 4) is 0 Å². The maximum Gasteiger partial charge on any atom is 0.252 e. The average Bonchev–Trinajstić information content (AvgIpc) is 2.53. The molecule has 2 aliphatic rings. The summed E-state index contributed by atoms with van der Waals surface area (Å²) in [5, 5.41) is 24.3. The highest BCUT2D eigenvalue weighted by molar-refractivity contribution is 6.02. The van der Waals surface area contributed by atoms with Crippen LogP contribution in [-0.2, 0) is 4.79 Å². The summed E-state index contributed by atoms with van der Waals surface area (Å²) in [6.07, 6.45) is 6.11. The molecule has 96 valence electrons. The Morgan fingerprint density at radius 1 is 1.22 bits per heavy atom. The molecule has 1 amide bonds. The SMILES string of the molecule is CN1C(=O)C(C)(C)NC1=C1C=CC(=[N+]([O-])[O-])C=C1. The van der Waals surface area contributed by atoms with Gasteiger partial charge in [-0.2, -0.15) is 4.90 Å². The van der Waals surface area contributed by atoms with E-state index in [4.69, 9.17) is 0 Å². The van der Waals surface area contributed by atoms with E-state index in [1.165, 1.54) is 17.1 Å². The summed E-state index contributed by atoms with van der Waals surface area (Å²) in [6, 6.07) is 0. The summed E-state index contributed by atoms with van der Waals surface area (Å²) in [5.41, 5.74) is 0.138. The van der Waals surface area contributed by atoms with Crippen molar-refractivity contribution in [1.82, 2.24) is 10.2 Å². The van der Waals surface area contributed by atoms with E-state index < -0.39 is 10.4 Å². The molecular formula is C12H14N3O3-. The normalized spacial score (nSPS) is 21.6. The fraction of sp³-hybridized carbons (Fsp3) is 0.333. The quantitative estimate of drug-likeness (QED) is 0.503. The van der Waals surface area contributed by atoms with Crippen molar-refractivity contribution >= 4 is 11.6 Å². The standard InChI is InChI=1S/C12H14N3O3/c1-12(2)11(16)14(3)10(13-12)8-4-6-9(7-5-8)15(17)18/h4-7,13H,1-3H3/q-1. The van der Waals surface area contributed by atoms with Crippen LogP contribution >= 0.6 is 0 Å². The van der Waals surface area contributed by atoms with Gasteiger partial charge in [0.15, 0.2) is 0 Å². The monoisotopic (exact) mass is 248 g/mol. The van der Waals surface area contributed by atoms with Crippen LogP contribution in [0.3, 0.4) is 0 Å². The van der Waals surface area contributed by atoms with Gasteiger partial charge in [-0.3, -0.25) is 9.69 Å². The van der Waals surface area contributed by atoms with Crippen LogP contribution in [-0.4, -0.2) is 34.0 Å². The molecule has 1 fully saturated rings. The van der Waals surface area contributed by atoms with Crippen LogP contribution in [0.5, 0.6) is 0 Å². The predicted molar refractivity (Wildman–Crippen MR) is 67.3 cm³/mol. The Labute approximate surface area is 105 Å². The summed E-state index contributed by atoms with van der Waals surface area (Å²) < 4.78 is 0. The van der Waals surface area contributed by atoms with Crippen LogP contribution in [0.15, 0.2) is 35.7 Å². The molecule has 1 N–H and O–H groups in total. The second kappa shape index (κ2) is 3.90. The molecule has 1 aliphatic heterocycles. The van der Waals surface area contributed by atoms with E-state index in [1.807, 2.05) is 0 Å². The summed E-state index contributed by atoms with van der Waals surface area (Å²) >= 11 is 0. The van der Waals surface area contributed by atoms with Gasteiger partial charge in [-0.25, -0.2) is 0 Å². The molecule has 0 spiro atoms.